The van der Waals surface area contributed by atoms with E-state index >= 15 is 0 Å². The molecular formula is C17H19ClN2O4. The van der Waals surface area contributed by atoms with E-state index < -0.39 is 11.6 Å². The zero-order chi connectivity index (χ0) is 17.2. The quantitative estimate of drug-likeness (QED) is 0.746. The molecular weight excluding hydrogens is 332 g/mol. The highest BCUT2D eigenvalue weighted by Crippen LogP contribution is 2.45. The number of nitrogens with one attached hydrogen (secondary N) is 2. The van der Waals surface area contributed by atoms with Crippen LogP contribution in [0.5, 0.6) is 5.75 Å². The van der Waals surface area contributed by atoms with E-state index in [9.17, 15) is 9.90 Å². The van der Waals surface area contributed by atoms with E-state index in [-0.39, 0.29) is 12.5 Å². The third-order valence-corrected chi connectivity index (χ3v) is 4.36. The molecule has 3 N–H and O–H groups in total. The fourth-order valence-corrected chi connectivity index (χ4v) is 2.85. The molecule has 7 heteroatoms. The number of carbonyl (C=O) groups excluding carboxylic acids is 1. The van der Waals surface area contributed by atoms with Crippen LogP contribution in [0.1, 0.15) is 18.6 Å². The van der Waals surface area contributed by atoms with Crippen molar-refractivity contribution in [3.05, 3.63) is 47.4 Å². The summed E-state index contributed by atoms with van der Waals surface area (Å²) in [6, 6.07) is 7.92. The lowest BCUT2D eigenvalue weighted by atomic mass is 9.94. The van der Waals surface area contributed by atoms with Crippen LogP contribution in [0.25, 0.3) is 0 Å². The molecule has 1 aromatic heterocycles. The van der Waals surface area contributed by atoms with Gasteiger partial charge in [0.05, 0.1) is 25.6 Å². The van der Waals surface area contributed by atoms with Gasteiger partial charge in [0.15, 0.2) is 0 Å². The van der Waals surface area contributed by atoms with E-state index in [1.165, 1.54) is 13.4 Å². The number of urea groups is 1. The molecule has 0 spiro atoms. The number of rotatable bonds is 6. The molecule has 0 radical (unpaired) electrons. The minimum absolute atomic E-state index is 0.0555. The van der Waals surface area contributed by atoms with Crippen LogP contribution in [0.15, 0.2) is 41.0 Å². The van der Waals surface area contributed by atoms with Gasteiger partial charge in [-0.05, 0) is 49.1 Å². The highest BCUT2D eigenvalue weighted by atomic mass is 35.5. The van der Waals surface area contributed by atoms with Gasteiger partial charge in [0, 0.05) is 5.02 Å². The monoisotopic (exact) mass is 350 g/mol. The first kappa shape index (κ1) is 16.7. The third kappa shape index (κ3) is 3.49. The van der Waals surface area contributed by atoms with Crippen LogP contribution in [0, 0.1) is 5.92 Å². The third-order valence-electron chi connectivity index (χ3n) is 4.13. The molecule has 0 bridgehead atoms. The molecule has 1 unspecified atom stereocenters. The molecule has 1 aliphatic rings. The van der Waals surface area contributed by atoms with Crippen LogP contribution in [0.2, 0.25) is 5.02 Å². The summed E-state index contributed by atoms with van der Waals surface area (Å²) in [6.07, 6.45) is 3.32. The summed E-state index contributed by atoms with van der Waals surface area (Å²) < 4.78 is 10.5. The average molecular weight is 351 g/mol. The van der Waals surface area contributed by atoms with Crippen LogP contribution in [0.3, 0.4) is 0 Å². The zero-order valence-electron chi connectivity index (χ0n) is 13.2. The van der Waals surface area contributed by atoms with E-state index in [0.717, 1.165) is 12.8 Å². The first-order chi connectivity index (χ1) is 11.5. The van der Waals surface area contributed by atoms with Gasteiger partial charge in [-0.2, -0.15) is 0 Å². The number of aliphatic hydroxyl groups is 1. The van der Waals surface area contributed by atoms with Crippen LogP contribution in [0.4, 0.5) is 10.5 Å². The molecule has 2 amide bonds. The van der Waals surface area contributed by atoms with Crippen molar-refractivity contribution in [2.24, 2.45) is 5.92 Å². The lowest BCUT2D eigenvalue weighted by Gasteiger charge is -2.26. The number of hydrogen-bond donors (Lipinski definition) is 3. The summed E-state index contributed by atoms with van der Waals surface area (Å²) in [5.41, 5.74) is -0.741. The van der Waals surface area contributed by atoms with E-state index in [0.29, 0.717) is 22.2 Å². The number of methoxy groups -OCH3 is 1. The Hall–Kier alpha value is -2.18. The summed E-state index contributed by atoms with van der Waals surface area (Å²) in [5, 5.41) is 16.7. The Morgan fingerprint density at radius 1 is 1.46 bits per heavy atom. The summed E-state index contributed by atoms with van der Waals surface area (Å²) >= 11 is 5.94. The second-order valence-corrected chi connectivity index (χ2v) is 6.26. The lowest BCUT2D eigenvalue weighted by Crippen LogP contribution is -2.43. The molecule has 24 heavy (non-hydrogen) atoms. The van der Waals surface area contributed by atoms with Crippen molar-refractivity contribution in [3.63, 3.8) is 0 Å². The number of benzene rings is 1. The van der Waals surface area contributed by atoms with E-state index in [1.807, 2.05) is 0 Å². The predicted molar refractivity (Wildman–Crippen MR) is 90.4 cm³/mol. The van der Waals surface area contributed by atoms with Gasteiger partial charge in [-0.3, -0.25) is 0 Å². The fourth-order valence-electron chi connectivity index (χ4n) is 2.68. The molecule has 1 saturated carbocycles. The molecule has 0 saturated heterocycles. The van der Waals surface area contributed by atoms with Crippen LogP contribution in [-0.2, 0) is 5.60 Å². The Labute approximate surface area is 144 Å². The maximum atomic E-state index is 12.2. The highest BCUT2D eigenvalue weighted by Gasteiger charge is 2.47. The summed E-state index contributed by atoms with van der Waals surface area (Å²) in [7, 11) is 1.51. The Bertz CT molecular complexity index is 715. The van der Waals surface area contributed by atoms with Crippen molar-refractivity contribution < 1.29 is 19.1 Å². The van der Waals surface area contributed by atoms with Crippen LogP contribution in [-0.4, -0.2) is 24.8 Å². The van der Waals surface area contributed by atoms with Crippen LogP contribution >= 0.6 is 11.6 Å². The minimum Gasteiger partial charge on any atom is -0.495 e. The largest absolute Gasteiger partial charge is 0.495 e. The lowest BCUT2D eigenvalue weighted by molar-refractivity contribution is -0.00414. The number of halogens is 1. The highest BCUT2D eigenvalue weighted by molar-refractivity contribution is 6.31. The van der Waals surface area contributed by atoms with Crippen molar-refractivity contribution >= 4 is 23.3 Å². The second kappa shape index (κ2) is 6.75. The predicted octanol–water partition coefficient (Wildman–Crippen LogP) is 3.36. The van der Waals surface area contributed by atoms with Crippen molar-refractivity contribution in [1.29, 1.82) is 0 Å². The van der Waals surface area contributed by atoms with Crippen molar-refractivity contribution in [2.75, 3.05) is 19.0 Å². The van der Waals surface area contributed by atoms with Crippen LogP contribution < -0.4 is 15.4 Å². The van der Waals surface area contributed by atoms with Gasteiger partial charge in [-0.1, -0.05) is 11.6 Å². The molecule has 3 rings (SSSR count). The van der Waals surface area contributed by atoms with E-state index in [4.69, 9.17) is 20.8 Å². The number of anilines is 1. The second-order valence-electron chi connectivity index (χ2n) is 5.83. The molecule has 6 nitrogen and oxygen atoms in total. The Morgan fingerprint density at radius 3 is 2.88 bits per heavy atom. The molecule has 128 valence electrons. The summed E-state index contributed by atoms with van der Waals surface area (Å²) in [5.74, 6) is 1.05. The molecule has 1 aliphatic carbocycles. The van der Waals surface area contributed by atoms with Gasteiger partial charge in [-0.15, -0.1) is 0 Å². The average Bonchev–Trinajstić information content (AvgIpc) is 3.28. The van der Waals surface area contributed by atoms with Crippen molar-refractivity contribution in [3.8, 4) is 5.75 Å². The minimum atomic E-state index is -1.20. The standard InChI is InChI=1S/C17H19ClN2O4/c1-23-14-7-6-12(18)9-13(14)20-16(21)19-10-17(22,11-4-5-11)15-3-2-8-24-15/h2-3,6-9,11,22H,4-5,10H2,1H3,(H2,19,20,21). The van der Waals surface area contributed by atoms with E-state index in [2.05, 4.69) is 10.6 Å². The van der Waals surface area contributed by atoms with Gasteiger partial charge in [0.1, 0.15) is 17.1 Å². The van der Waals surface area contributed by atoms with Gasteiger partial charge in [0.25, 0.3) is 0 Å². The number of hydrogen-bond acceptors (Lipinski definition) is 4. The van der Waals surface area contributed by atoms with Gasteiger partial charge in [-0.25, -0.2) is 4.79 Å². The van der Waals surface area contributed by atoms with Crippen molar-refractivity contribution in [2.45, 2.75) is 18.4 Å². The first-order valence-electron chi connectivity index (χ1n) is 7.67. The molecule has 1 atom stereocenters. The van der Waals surface area contributed by atoms with E-state index in [1.54, 1.807) is 30.3 Å². The molecule has 0 aliphatic heterocycles. The topological polar surface area (TPSA) is 83.7 Å². The number of furan rings is 1. The van der Waals surface area contributed by atoms with Crippen molar-refractivity contribution in [1.82, 2.24) is 5.32 Å². The normalized spacial score (nSPS) is 16.3. The number of amides is 2. The summed E-state index contributed by atoms with van der Waals surface area (Å²) in [4.78, 5) is 12.2. The van der Waals surface area contributed by atoms with Gasteiger partial charge >= 0.3 is 6.03 Å². The Kier molecular flexibility index (Phi) is 4.69. The Morgan fingerprint density at radius 2 is 2.25 bits per heavy atom. The number of carbonyl (C=O) groups is 1. The number of ether oxygens (including phenoxy) is 1. The fraction of sp³-hybridized carbons (Fsp3) is 0.353. The Balaban J connectivity index is 1.66. The first-order valence-corrected chi connectivity index (χ1v) is 8.05. The zero-order valence-corrected chi connectivity index (χ0v) is 14.0. The van der Waals surface area contributed by atoms with Gasteiger partial charge in [0.2, 0.25) is 0 Å². The van der Waals surface area contributed by atoms with Gasteiger partial charge < -0.3 is 24.9 Å². The molecule has 2 aromatic rings. The molecule has 1 fully saturated rings. The molecule has 1 aromatic carbocycles. The maximum absolute atomic E-state index is 12.2. The smallest absolute Gasteiger partial charge is 0.319 e. The molecule has 1 heterocycles. The SMILES string of the molecule is COc1ccc(Cl)cc1NC(=O)NCC(O)(c1ccco1)C1CC1. The maximum Gasteiger partial charge on any atom is 0.319 e. The summed E-state index contributed by atoms with van der Waals surface area (Å²) in [6.45, 7) is 0.0555.